The number of hydrogen-bond donors (Lipinski definition) is 1. The summed E-state index contributed by atoms with van der Waals surface area (Å²) in [6, 6.07) is 8.61. The molecular weight excluding hydrogens is 446 g/mol. The van der Waals surface area contributed by atoms with Crippen LogP contribution in [-0.4, -0.2) is 47.7 Å². The number of aryl methyl sites for hydroxylation is 1. The van der Waals surface area contributed by atoms with Crippen molar-refractivity contribution in [3.8, 4) is 33.2 Å². The minimum absolute atomic E-state index is 0.0321. The molecule has 1 amide bonds. The van der Waals surface area contributed by atoms with Crippen molar-refractivity contribution < 1.29 is 14.3 Å². The summed E-state index contributed by atoms with van der Waals surface area (Å²) < 4.78 is 14.1. The van der Waals surface area contributed by atoms with Gasteiger partial charge in [0.1, 0.15) is 5.69 Å². The average Bonchev–Trinajstić information content (AvgIpc) is 3.42. The Morgan fingerprint density at radius 2 is 1.91 bits per heavy atom. The van der Waals surface area contributed by atoms with E-state index in [1.165, 1.54) is 10.4 Å². The molecule has 0 atom stereocenters. The second-order valence-electron chi connectivity index (χ2n) is 9.53. The molecule has 0 saturated carbocycles. The van der Waals surface area contributed by atoms with Gasteiger partial charge in [0.25, 0.3) is 5.91 Å². The smallest absolute Gasteiger partial charge is 0.271 e. The monoisotopic (exact) mass is 479 g/mol. The van der Waals surface area contributed by atoms with Gasteiger partial charge < -0.3 is 24.3 Å². The third-order valence-electron chi connectivity index (χ3n) is 6.66. The third kappa shape index (κ3) is 3.81. The van der Waals surface area contributed by atoms with Gasteiger partial charge in [-0.05, 0) is 63.3 Å². The largest absolute Gasteiger partial charge is 0.493 e. The number of hydrogen-bond acceptors (Lipinski definition) is 5. The van der Waals surface area contributed by atoms with Gasteiger partial charge in [-0.15, -0.1) is 11.3 Å². The van der Waals surface area contributed by atoms with Crippen LogP contribution in [0.15, 0.2) is 29.6 Å². The molecule has 0 aliphatic carbocycles. The number of carbonyl (C=O) groups is 1. The zero-order valence-corrected chi connectivity index (χ0v) is 21.4. The summed E-state index contributed by atoms with van der Waals surface area (Å²) in [6.07, 6.45) is 0.873. The first-order valence-corrected chi connectivity index (χ1v) is 13.0. The Hall–Kier alpha value is -2.77. The zero-order chi connectivity index (χ0) is 24.0. The number of thiophene rings is 1. The number of rotatable bonds is 5. The van der Waals surface area contributed by atoms with Gasteiger partial charge in [-0.3, -0.25) is 4.79 Å². The van der Waals surface area contributed by atoms with E-state index in [2.05, 4.69) is 53.4 Å². The number of nitrogens with one attached hydrogen (secondary N) is 1. The topological polar surface area (TPSA) is 55.7 Å². The number of fused-ring (bicyclic) bond motifs is 5. The Morgan fingerprint density at radius 1 is 1.09 bits per heavy atom. The van der Waals surface area contributed by atoms with Crippen LogP contribution in [0.1, 0.15) is 49.3 Å². The Labute approximate surface area is 205 Å². The maximum Gasteiger partial charge on any atom is 0.271 e. The van der Waals surface area contributed by atoms with E-state index < -0.39 is 0 Å². The van der Waals surface area contributed by atoms with Crippen LogP contribution in [0.25, 0.3) is 21.7 Å². The maximum absolute atomic E-state index is 13.9. The van der Waals surface area contributed by atoms with Gasteiger partial charge in [0.05, 0.1) is 18.9 Å². The molecule has 0 unspecified atom stereocenters. The lowest BCUT2D eigenvalue weighted by Crippen LogP contribution is -2.44. The van der Waals surface area contributed by atoms with Crippen LogP contribution < -0.4 is 14.8 Å². The lowest BCUT2D eigenvalue weighted by atomic mass is 9.94. The van der Waals surface area contributed by atoms with Crippen LogP contribution >= 0.6 is 11.3 Å². The van der Waals surface area contributed by atoms with E-state index in [9.17, 15) is 4.79 Å². The van der Waals surface area contributed by atoms with Gasteiger partial charge in [0, 0.05) is 53.8 Å². The molecule has 0 bridgehead atoms. The van der Waals surface area contributed by atoms with E-state index in [1.807, 2.05) is 18.7 Å². The van der Waals surface area contributed by atoms with E-state index in [4.69, 9.17) is 9.47 Å². The molecule has 34 heavy (non-hydrogen) atoms. The van der Waals surface area contributed by atoms with E-state index in [0.717, 1.165) is 59.1 Å². The fourth-order valence-electron chi connectivity index (χ4n) is 5.19. The predicted molar refractivity (Wildman–Crippen MR) is 137 cm³/mol. The molecule has 7 heteroatoms. The van der Waals surface area contributed by atoms with Crippen molar-refractivity contribution >= 4 is 17.2 Å². The molecule has 4 heterocycles. The summed E-state index contributed by atoms with van der Waals surface area (Å²) in [5, 5.41) is 5.70. The highest BCUT2D eigenvalue weighted by atomic mass is 32.1. The average molecular weight is 480 g/mol. The van der Waals surface area contributed by atoms with Crippen LogP contribution in [0.2, 0.25) is 0 Å². The molecule has 1 N–H and O–H groups in total. The fraction of sp³-hybridized carbons (Fsp3) is 0.444. The Kier molecular flexibility index (Phi) is 6.16. The first kappa shape index (κ1) is 23.0. The SMILES string of the molecule is COc1cc2c(cc1OC(C)C)-c1c(-c3cccs3)c3c(n1CC2)C(=O)N(C(C)C)CCNC3. The van der Waals surface area contributed by atoms with Crippen molar-refractivity contribution in [3.63, 3.8) is 0 Å². The third-order valence-corrected chi connectivity index (χ3v) is 7.55. The number of ether oxygens (including phenoxy) is 2. The number of aromatic nitrogens is 1. The quantitative estimate of drug-likeness (QED) is 0.547. The summed E-state index contributed by atoms with van der Waals surface area (Å²) in [5.74, 6) is 1.63. The molecule has 5 rings (SSSR count). The van der Waals surface area contributed by atoms with Crippen molar-refractivity contribution in [2.75, 3.05) is 20.2 Å². The minimum Gasteiger partial charge on any atom is -0.493 e. The molecule has 0 radical (unpaired) electrons. The minimum atomic E-state index is 0.0321. The highest BCUT2D eigenvalue weighted by molar-refractivity contribution is 7.13. The van der Waals surface area contributed by atoms with Gasteiger partial charge in [0.2, 0.25) is 0 Å². The number of carbonyl (C=O) groups excluding carboxylic acids is 1. The molecule has 1 aromatic carbocycles. The normalized spacial score (nSPS) is 15.6. The summed E-state index contributed by atoms with van der Waals surface area (Å²) in [5.41, 5.74) is 6.56. The number of benzene rings is 1. The summed E-state index contributed by atoms with van der Waals surface area (Å²) in [4.78, 5) is 17.1. The van der Waals surface area contributed by atoms with Crippen LogP contribution in [0.5, 0.6) is 11.5 Å². The Balaban J connectivity index is 1.80. The second-order valence-corrected chi connectivity index (χ2v) is 10.5. The molecule has 3 aromatic rings. The highest BCUT2D eigenvalue weighted by Crippen LogP contribution is 2.47. The Morgan fingerprint density at radius 3 is 2.59 bits per heavy atom. The molecule has 2 aliphatic heterocycles. The van der Waals surface area contributed by atoms with Crippen LogP contribution in [0, 0.1) is 0 Å². The van der Waals surface area contributed by atoms with Gasteiger partial charge in [0.15, 0.2) is 11.5 Å². The number of amides is 1. The maximum atomic E-state index is 13.9. The molecule has 6 nitrogen and oxygen atoms in total. The zero-order valence-electron chi connectivity index (χ0n) is 20.6. The lowest BCUT2D eigenvalue weighted by molar-refractivity contribution is 0.0689. The molecule has 2 aliphatic rings. The summed E-state index contributed by atoms with van der Waals surface area (Å²) in [6.45, 7) is 11.2. The number of methoxy groups -OCH3 is 1. The van der Waals surface area contributed by atoms with Crippen LogP contribution in [0.4, 0.5) is 0 Å². The van der Waals surface area contributed by atoms with Crippen molar-refractivity contribution in [1.29, 1.82) is 0 Å². The van der Waals surface area contributed by atoms with Gasteiger partial charge >= 0.3 is 0 Å². The van der Waals surface area contributed by atoms with Crippen molar-refractivity contribution in [1.82, 2.24) is 14.8 Å². The summed E-state index contributed by atoms with van der Waals surface area (Å²) in [7, 11) is 1.69. The predicted octanol–water partition coefficient (Wildman–Crippen LogP) is 5.19. The standard InChI is InChI=1S/C27H33N3O3S/c1-16(2)29-11-9-28-15-20-24(23-7-6-12-34-23)25-19-14-22(33-17(3)4)21(32-5)13-18(19)8-10-30(25)26(20)27(29)31/h6-7,12-14,16-17,28H,8-11,15H2,1-5H3. The van der Waals surface area contributed by atoms with Crippen LogP contribution in [0.3, 0.4) is 0 Å². The first-order chi connectivity index (χ1) is 16.4. The highest BCUT2D eigenvalue weighted by Gasteiger charge is 2.35. The Bertz CT molecular complexity index is 1210. The summed E-state index contributed by atoms with van der Waals surface area (Å²) >= 11 is 1.72. The fourth-order valence-corrected chi connectivity index (χ4v) is 5.99. The molecule has 180 valence electrons. The van der Waals surface area contributed by atoms with Gasteiger partial charge in [-0.1, -0.05) is 6.07 Å². The van der Waals surface area contributed by atoms with E-state index >= 15 is 0 Å². The lowest BCUT2D eigenvalue weighted by Gasteiger charge is -2.30. The van der Waals surface area contributed by atoms with E-state index in [1.54, 1.807) is 18.4 Å². The first-order valence-electron chi connectivity index (χ1n) is 12.1. The number of nitrogens with zero attached hydrogens (tertiary/aromatic N) is 2. The molecular formula is C27H33N3O3S. The van der Waals surface area contributed by atoms with Crippen LogP contribution in [-0.2, 0) is 19.5 Å². The van der Waals surface area contributed by atoms with Gasteiger partial charge in [-0.2, -0.15) is 0 Å². The van der Waals surface area contributed by atoms with E-state index in [0.29, 0.717) is 13.1 Å². The molecule has 2 aromatic heterocycles. The van der Waals surface area contributed by atoms with Crippen molar-refractivity contribution in [2.24, 2.45) is 0 Å². The van der Waals surface area contributed by atoms with Crippen molar-refractivity contribution in [3.05, 3.63) is 46.5 Å². The van der Waals surface area contributed by atoms with Crippen molar-refractivity contribution in [2.45, 2.75) is 59.4 Å². The second kappa shape index (κ2) is 9.12. The van der Waals surface area contributed by atoms with E-state index in [-0.39, 0.29) is 18.1 Å². The van der Waals surface area contributed by atoms with Gasteiger partial charge in [-0.25, -0.2) is 0 Å². The molecule has 0 fully saturated rings. The molecule has 0 spiro atoms. The molecule has 0 saturated heterocycles.